The summed E-state index contributed by atoms with van der Waals surface area (Å²) in [5.41, 5.74) is 2.47. The minimum absolute atomic E-state index is 0.0719. The zero-order valence-corrected chi connectivity index (χ0v) is 15.2. The third-order valence-electron chi connectivity index (χ3n) is 4.08. The average Bonchev–Trinajstić information content (AvgIpc) is 3.09. The fourth-order valence-corrected chi connectivity index (χ4v) is 2.64. The molecule has 0 saturated heterocycles. The number of non-ortho nitro benzene ring substituents is 1. The molecule has 1 heterocycles. The van der Waals surface area contributed by atoms with Crippen molar-refractivity contribution in [3.05, 3.63) is 57.6 Å². The summed E-state index contributed by atoms with van der Waals surface area (Å²) in [5, 5.41) is 21.3. The molecule has 0 saturated carbocycles. The number of fused-ring (bicyclic) bond motifs is 1. The molecule has 1 N–H and O–H groups in total. The number of aryl methyl sites for hydroxylation is 2. The lowest BCUT2D eigenvalue weighted by atomic mass is 10.2. The van der Waals surface area contributed by atoms with Crippen molar-refractivity contribution in [1.29, 1.82) is 0 Å². The molecule has 0 atom stereocenters. The predicted molar refractivity (Wildman–Crippen MR) is 99.9 cm³/mol. The second-order valence-corrected chi connectivity index (χ2v) is 5.99. The second kappa shape index (κ2) is 7.82. The minimum atomic E-state index is -0.663. The van der Waals surface area contributed by atoms with E-state index in [-0.39, 0.29) is 11.3 Å². The molecule has 0 spiro atoms. The van der Waals surface area contributed by atoms with E-state index in [4.69, 9.17) is 4.74 Å². The number of hydrogen-bond donors (Lipinski definition) is 1. The van der Waals surface area contributed by atoms with E-state index in [0.29, 0.717) is 23.3 Å². The zero-order chi connectivity index (χ0) is 20.3. The highest BCUT2D eigenvalue weighted by molar-refractivity contribution is 5.97. The van der Waals surface area contributed by atoms with Crippen molar-refractivity contribution in [2.75, 3.05) is 11.9 Å². The molecule has 0 aliphatic carbocycles. The van der Waals surface area contributed by atoms with Crippen molar-refractivity contribution in [3.8, 4) is 0 Å². The lowest BCUT2D eigenvalue weighted by molar-refractivity contribution is -0.384. The largest absolute Gasteiger partial charge is 0.452 e. The fraction of sp³-hybridized carbons (Fsp3) is 0.222. The first kappa shape index (κ1) is 19.0. The number of amides is 1. The lowest BCUT2D eigenvalue weighted by Gasteiger charge is -2.09. The first-order chi connectivity index (χ1) is 13.4. The van der Waals surface area contributed by atoms with Crippen molar-refractivity contribution >= 4 is 34.3 Å². The Kier molecular flexibility index (Phi) is 5.30. The van der Waals surface area contributed by atoms with Gasteiger partial charge in [0.2, 0.25) is 0 Å². The smallest absolute Gasteiger partial charge is 0.338 e. The Labute approximate surface area is 159 Å². The normalized spacial score (nSPS) is 10.6. The molecule has 0 aliphatic rings. The third-order valence-corrected chi connectivity index (χ3v) is 4.08. The third kappa shape index (κ3) is 3.95. The quantitative estimate of drug-likeness (QED) is 0.393. The van der Waals surface area contributed by atoms with Crippen LogP contribution < -0.4 is 5.32 Å². The van der Waals surface area contributed by atoms with Gasteiger partial charge in [0.05, 0.1) is 16.0 Å². The fourth-order valence-electron chi connectivity index (χ4n) is 2.64. The molecule has 10 nitrogen and oxygen atoms in total. The Morgan fingerprint density at radius 3 is 2.71 bits per heavy atom. The van der Waals surface area contributed by atoms with Gasteiger partial charge in [0.15, 0.2) is 6.61 Å². The number of nitro groups is 1. The van der Waals surface area contributed by atoms with E-state index >= 15 is 0 Å². The Morgan fingerprint density at radius 1 is 1.25 bits per heavy atom. The van der Waals surface area contributed by atoms with Crippen molar-refractivity contribution in [1.82, 2.24) is 15.0 Å². The summed E-state index contributed by atoms with van der Waals surface area (Å²) in [5.74, 6) is -1.22. The van der Waals surface area contributed by atoms with Gasteiger partial charge in [-0.25, -0.2) is 9.48 Å². The van der Waals surface area contributed by atoms with Crippen molar-refractivity contribution < 1.29 is 19.2 Å². The number of ether oxygens (including phenoxy) is 1. The highest BCUT2D eigenvalue weighted by Gasteiger charge is 2.14. The summed E-state index contributed by atoms with van der Waals surface area (Å²) in [6, 6.07) is 8.91. The van der Waals surface area contributed by atoms with E-state index in [9.17, 15) is 19.7 Å². The molecule has 10 heteroatoms. The molecular weight excluding hydrogens is 366 g/mol. The Morgan fingerprint density at radius 2 is 2.04 bits per heavy atom. The first-order valence-corrected chi connectivity index (χ1v) is 8.44. The van der Waals surface area contributed by atoms with Crippen LogP contribution in [0.5, 0.6) is 0 Å². The van der Waals surface area contributed by atoms with Gasteiger partial charge >= 0.3 is 5.97 Å². The van der Waals surface area contributed by atoms with Crippen LogP contribution in [-0.2, 0) is 16.1 Å². The number of aromatic nitrogens is 3. The summed E-state index contributed by atoms with van der Waals surface area (Å²) in [4.78, 5) is 34.4. The molecule has 2 aromatic carbocycles. The van der Waals surface area contributed by atoms with E-state index in [1.165, 1.54) is 18.2 Å². The number of nitro benzene ring substituents is 1. The van der Waals surface area contributed by atoms with Crippen LogP contribution >= 0.6 is 0 Å². The Hall–Kier alpha value is -3.82. The van der Waals surface area contributed by atoms with Crippen molar-refractivity contribution in [2.45, 2.75) is 20.4 Å². The maximum atomic E-state index is 12.2. The summed E-state index contributed by atoms with van der Waals surface area (Å²) in [6.07, 6.45) is 0. The van der Waals surface area contributed by atoms with Crippen LogP contribution in [0.2, 0.25) is 0 Å². The molecule has 28 heavy (non-hydrogen) atoms. The molecule has 1 amide bonds. The molecule has 3 rings (SSSR count). The van der Waals surface area contributed by atoms with E-state index in [0.717, 1.165) is 5.52 Å². The summed E-state index contributed by atoms with van der Waals surface area (Å²) >= 11 is 0. The van der Waals surface area contributed by atoms with E-state index in [2.05, 4.69) is 15.6 Å². The van der Waals surface area contributed by atoms with Crippen LogP contribution in [0.4, 0.5) is 11.4 Å². The minimum Gasteiger partial charge on any atom is -0.452 e. The second-order valence-electron chi connectivity index (χ2n) is 5.99. The molecule has 0 bridgehead atoms. The van der Waals surface area contributed by atoms with Crippen LogP contribution in [-0.4, -0.2) is 38.4 Å². The van der Waals surface area contributed by atoms with Crippen molar-refractivity contribution in [3.63, 3.8) is 0 Å². The first-order valence-electron chi connectivity index (χ1n) is 8.44. The highest BCUT2D eigenvalue weighted by atomic mass is 16.6. The van der Waals surface area contributed by atoms with Gasteiger partial charge in [-0.3, -0.25) is 14.9 Å². The monoisotopic (exact) mass is 383 g/mol. The van der Waals surface area contributed by atoms with Gasteiger partial charge in [-0.2, -0.15) is 0 Å². The maximum Gasteiger partial charge on any atom is 0.338 e. The van der Waals surface area contributed by atoms with Crippen LogP contribution in [0.3, 0.4) is 0 Å². The van der Waals surface area contributed by atoms with E-state index < -0.39 is 23.4 Å². The number of rotatable bonds is 6. The van der Waals surface area contributed by atoms with Crippen LogP contribution in [0, 0.1) is 17.0 Å². The zero-order valence-electron chi connectivity index (χ0n) is 15.2. The van der Waals surface area contributed by atoms with E-state index in [1.807, 2.05) is 6.92 Å². The van der Waals surface area contributed by atoms with Gasteiger partial charge < -0.3 is 10.1 Å². The molecule has 0 unspecified atom stereocenters. The number of anilines is 1. The highest BCUT2D eigenvalue weighted by Crippen LogP contribution is 2.21. The van der Waals surface area contributed by atoms with Gasteiger partial charge in [0.1, 0.15) is 5.52 Å². The molecular formula is C18H17N5O5. The summed E-state index contributed by atoms with van der Waals surface area (Å²) in [6.45, 7) is 3.73. The van der Waals surface area contributed by atoms with E-state index in [1.54, 1.807) is 29.8 Å². The topological polar surface area (TPSA) is 129 Å². The SMILES string of the molecule is CCn1nnc2cc(C(=O)OCC(=O)Nc3ccc([N+](=O)[O-])cc3C)ccc21. The molecule has 1 aromatic heterocycles. The Bertz CT molecular complexity index is 1080. The molecule has 0 fully saturated rings. The standard InChI is InChI=1S/C18H17N5O5/c1-3-22-16-7-4-12(9-15(16)20-21-22)18(25)28-10-17(24)19-14-6-5-13(23(26)27)8-11(14)2/h4-9H,3,10H2,1-2H3,(H,19,24). The van der Waals surface area contributed by atoms with Gasteiger partial charge in [-0.1, -0.05) is 5.21 Å². The number of nitrogens with one attached hydrogen (secondary N) is 1. The van der Waals surface area contributed by atoms with Crippen LogP contribution in [0.1, 0.15) is 22.8 Å². The summed E-state index contributed by atoms with van der Waals surface area (Å²) < 4.78 is 6.73. The van der Waals surface area contributed by atoms with Gasteiger partial charge in [-0.05, 0) is 43.7 Å². The number of carbonyl (C=O) groups is 2. The molecule has 144 valence electrons. The van der Waals surface area contributed by atoms with Crippen LogP contribution in [0.25, 0.3) is 11.0 Å². The number of hydrogen-bond acceptors (Lipinski definition) is 7. The number of nitrogens with zero attached hydrogens (tertiary/aromatic N) is 4. The van der Waals surface area contributed by atoms with Gasteiger partial charge in [0, 0.05) is 24.4 Å². The predicted octanol–water partition coefficient (Wildman–Crippen LogP) is 2.46. The average molecular weight is 383 g/mol. The lowest BCUT2D eigenvalue weighted by Crippen LogP contribution is -2.21. The summed E-state index contributed by atoms with van der Waals surface area (Å²) in [7, 11) is 0. The number of benzene rings is 2. The number of esters is 1. The van der Waals surface area contributed by atoms with Gasteiger partial charge in [-0.15, -0.1) is 5.10 Å². The number of carbonyl (C=O) groups excluding carboxylic acids is 2. The molecule has 3 aromatic rings. The molecule has 0 radical (unpaired) electrons. The maximum absolute atomic E-state index is 12.2. The Balaban J connectivity index is 1.61. The van der Waals surface area contributed by atoms with Crippen molar-refractivity contribution in [2.24, 2.45) is 0 Å². The van der Waals surface area contributed by atoms with Gasteiger partial charge in [0.25, 0.3) is 11.6 Å². The van der Waals surface area contributed by atoms with Crippen LogP contribution in [0.15, 0.2) is 36.4 Å². The molecule has 0 aliphatic heterocycles.